The third kappa shape index (κ3) is 4.30. The van der Waals surface area contributed by atoms with Gasteiger partial charge in [-0.1, -0.05) is 146 Å². The normalized spacial score (nSPS) is 12.2. The van der Waals surface area contributed by atoms with Crippen molar-refractivity contribution in [1.29, 1.82) is 0 Å². The van der Waals surface area contributed by atoms with Crippen molar-refractivity contribution in [3.8, 4) is 27.9 Å². The fraction of sp³-hybridized carbons (Fsp3) is 0.0370. The standard InChI is InChI=1S/C54H35N/c1-32-33(2)55(49-27-25-38-21-20-36-14-9-15-37-24-26-45(49)54(38)51(36)37)50-31-48-47(30-46(32)50)52(41-22-18-34-10-3-5-12-39(34)28-41)43-16-7-8-17-44(43)53(48)42-23-19-35-11-4-6-13-40(35)29-42/h3-31H,1-2H3. The molecule has 0 N–H and O–H groups in total. The summed E-state index contributed by atoms with van der Waals surface area (Å²) < 4.78 is 2.53. The molecule has 0 amide bonds. The quantitative estimate of drug-likeness (QED) is 0.128. The Bertz CT molecular complexity index is 3550. The Morgan fingerprint density at radius 2 is 0.818 bits per heavy atom. The van der Waals surface area contributed by atoms with Crippen LogP contribution in [0.2, 0.25) is 0 Å². The number of fused-ring (bicyclic) bond motifs is 5. The molecule has 0 fully saturated rings. The third-order valence-electron chi connectivity index (χ3n) is 12.5. The van der Waals surface area contributed by atoms with Gasteiger partial charge in [0.05, 0.1) is 11.2 Å². The van der Waals surface area contributed by atoms with Crippen LogP contribution in [0.15, 0.2) is 176 Å². The number of hydrogen-bond donors (Lipinski definition) is 0. The fourth-order valence-electron chi connectivity index (χ4n) is 9.78. The van der Waals surface area contributed by atoms with Crippen LogP contribution in [0.25, 0.3) is 114 Å². The summed E-state index contributed by atoms with van der Waals surface area (Å²) in [5.74, 6) is 0. The highest BCUT2D eigenvalue weighted by Crippen LogP contribution is 2.47. The number of hydrogen-bond acceptors (Lipinski definition) is 0. The van der Waals surface area contributed by atoms with Gasteiger partial charge in [-0.25, -0.2) is 0 Å². The molecule has 0 unspecified atom stereocenters. The number of rotatable bonds is 3. The molecule has 0 bridgehead atoms. The molecule has 0 saturated carbocycles. The van der Waals surface area contributed by atoms with Crippen LogP contribution in [0.3, 0.4) is 0 Å². The minimum absolute atomic E-state index is 1.23. The lowest BCUT2D eigenvalue weighted by Crippen LogP contribution is -1.99. The molecule has 12 aromatic rings. The molecule has 0 aliphatic rings. The Labute approximate surface area is 318 Å². The van der Waals surface area contributed by atoms with Gasteiger partial charge in [-0.3, -0.25) is 0 Å². The van der Waals surface area contributed by atoms with Crippen LogP contribution in [-0.2, 0) is 0 Å². The van der Waals surface area contributed by atoms with Crippen LogP contribution in [0.1, 0.15) is 11.3 Å². The van der Waals surface area contributed by atoms with Crippen molar-refractivity contribution >= 4 is 86.3 Å². The zero-order valence-electron chi connectivity index (χ0n) is 30.7. The maximum Gasteiger partial charge on any atom is 0.0540 e. The molecule has 1 aromatic heterocycles. The van der Waals surface area contributed by atoms with E-state index >= 15 is 0 Å². The molecule has 0 saturated heterocycles. The van der Waals surface area contributed by atoms with Crippen molar-refractivity contribution < 1.29 is 0 Å². The van der Waals surface area contributed by atoms with Crippen molar-refractivity contribution in [2.24, 2.45) is 0 Å². The highest BCUT2D eigenvalue weighted by atomic mass is 15.0. The van der Waals surface area contributed by atoms with E-state index in [-0.39, 0.29) is 0 Å². The number of benzene rings is 11. The van der Waals surface area contributed by atoms with Crippen LogP contribution in [0.5, 0.6) is 0 Å². The van der Waals surface area contributed by atoms with E-state index in [1.807, 2.05) is 0 Å². The SMILES string of the molecule is Cc1c(C)n(-c2ccc3ccc4cccc5ccc2c3c45)c2cc3c(-c4ccc5ccccc5c4)c4ccccc4c(-c4ccc5ccccc5c4)c3cc12. The second-order valence-corrected chi connectivity index (χ2v) is 15.3. The molecule has 0 radical (unpaired) electrons. The molecule has 0 aliphatic heterocycles. The summed E-state index contributed by atoms with van der Waals surface area (Å²) in [6.07, 6.45) is 0. The summed E-state index contributed by atoms with van der Waals surface area (Å²) in [6.45, 7) is 4.60. The molecule has 256 valence electrons. The summed E-state index contributed by atoms with van der Waals surface area (Å²) in [5.41, 5.74) is 10.1. The molecular formula is C54H35N. The second kappa shape index (κ2) is 11.3. The molecular weight excluding hydrogens is 663 g/mol. The largest absolute Gasteiger partial charge is 0.313 e. The molecule has 1 nitrogen and oxygen atoms in total. The van der Waals surface area contributed by atoms with Crippen LogP contribution in [0.4, 0.5) is 0 Å². The molecule has 0 spiro atoms. The van der Waals surface area contributed by atoms with Crippen molar-refractivity contribution in [2.45, 2.75) is 13.8 Å². The third-order valence-corrected chi connectivity index (χ3v) is 12.5. The summed E-state index contributed by atoms with van der Waals surface area (Å²) >= 11 is 0. The van der Waals surface area contributed by atoms with Gasteiger partial charge in [0.15, 0.2) is 0 Å². The van der Waals surface area contributed by atoms with Gasteiger partial charge in [0.2, 0.25) is 0 Å². The van der Waals surface area contributed by atoms with E-state index in [1.165, 1.54) is 126 Å². The van der Waals surface area contributed by atoms with E-state index in [2.05, 4.69) is 194 Å². The molecule has 11 aromatic carbocycles. The Hall–Kier alpha value is -6.96. The number of aromatic nitrogens is 1. The Balaban J connectivity index is 1.24. The molecule has 1 heteroatoms. The lowest BCUT2D eigenvalue weighted by atomic mass is 9.84. The highest BCUT2D eigenvalue weighted by molar-refractivity contribution is 6.26. The van der Waals surface area contributed by atoms with Crippen LogP contribution in [0, 0.1) is 13.8 Å². The number of aryl methyl sites for hydroxylation is 1. The lowest BCUT2D eigenvalue weighted by Gasteiger charge is -2.20. The number of nitrogens with zero attached hydrogens (tertiary/aromatic N) is 1. The first-order valence-electron chi connectivity index (χ1n) is 19.3. The first-order valence-corrected chi connectivity index (χ1v) is 19.3. The predicted octanol–water partition coefficient (Wildman–Crippen LogP) is 15.1. The average molecular weight is 698 g/mol. The zero-order chi connectivity index (χ0) is 36.4. The monoisotopic (exact) mass is 697 g/mol. The van der Waals surface area contributed by atoms with E-state index in [9.17, 15) is 0 Å². The van der Waals surface area contributed by atoms with Gasteiger partial charge >= 0.3 is 0 Å². The maximum atomic E-state index is 2.53. The Morgan fingerprint density at radius 1 is 0.327 bits per heavy atom. The summed E-state index contributed by atoms with van der Waals surface area (Å²) in [5, 5.41) is 19.2. The molecule has 0 atom stereocenters. The van der Waals surface area contributed by atoms with E-state index in [0.717, 1.165) is 0 Å². The van der Waals surface area contributed by atoms with Crippen molar-refractivity contribution in [2.75, 3.05) is 0 Å². The van der Waals surface area contributed by atoms with E-state index in [4.69, 9.17) is 0 Å². The molecule has 1 heterocycles. The average Bonchev–Trinajstić information content (AvgIpc) is 3.48. The molecule has 12 rings (SSSR count). The zero-order valence-corrected chi connectivity index (χ0v) is 30.7. The summed E-state index contributed by atoms with van der Waals surface area (Å²) in [7, 11) is 0. The van der Waals surface area contributed by atoms with Gasteiger partial charge < -0.3 is 4.57 Å². The van der Waals surface area contributed by atoms with Crippen LogP contribution in [-0.4, -0.2) is 4.57 Å². The van der Waals surface area contributed by atoms with E-state index in [0.29, 0.717) is 0 Å². The van der Waals surface area contributed by atoms with Gasteiger partial charge in [-0.05, 0) is 142 Å². The van der Waals surface area contributed by atoms with Gasteiger partial charge in [0.25, 0.3) is 0 Å². The first-order chi connectivity index (χ1) is 27.1. The van der Waals surface area contributed by atoms with Gasteiger partial charge in [0.1, 0.15) is 0 Å². The molecule has 55 heavy (non-hydrogen) atoms. The van der Waals surface area contributed by atoms with Crippen molar-refractivity contribution in [3.63, 3.8) is 0 Å². The second-order valence-electron chi connectivity index (χ2n) is 15.3. The maximum absolute atomic E-state index is 2.53. The minimum Gasteiger partial charge on any atom is -0.313 e. The highest BCUT2D eigenvalue weighted by Gasteiger charge is 2.22. The van der Waals surface area contributed by atoms with Crippen molar-refractivity contribution in [1.82, 2.24) is 4.57 Å². The minimum atomic E-state index is 1.23. The fourth-order valence-corrected chi connectivity index (χ4v) is 9.78. The lowest BCUT2D eigenvalue weighted by molar-refractivity contribution is 1.05. The smallest absolute Gasteiger partial charge is 0.0540 e. The predicted molar refractivity (Wildman–Crippen MR) is 237 cm³/mol. The van der Waals surface area contributed by atoms with Crippen LogP contribution >= 0.6 is 0 Å². The van der Waals surface area contributed by atoms with Gasteiger partial charge in [0, 0.05) is 16.5 Å². The summed E-state index contributed by atoms with van der Waals surface area (Å²) in [4.78, 5) is 0. The topological polar surface area (TPSA) is 4.93 Å². The van der Waals surface area contributed by atoms with E-state index in [1.54, 1.807) is 0 Å². The Kier molecular flexibility index (Phi) is 6.25. The van der Waals surface area contributed by atoms with E-state index < -0.39 is 0 Å². The van der Waals surface area contributed by atoms with Gasteiger partial charge in [-0.2, -0.15) is 0 Å². The summed E-state index contributed by atoms with van der Waals surface area (Å²) in [6, 6.07) is 65.9. The van der Waals surface area contributed by atoms with Gasteiger partial charge in [-0.15, -0.1) is 0 Å². The Morgan fingerprint density at radius 3 is 1.45 bits per heavy atom. The molecule has 0 aliphatic carbocycles. The van der Waals surface area contributed by atoms with Crippen LogP contribution < -0.4 is 0 Å². The van der Waals surface area contributed by atoms with Crippen molar-refractivity contribution in [3.05, 3.63) is 187 Å². The first kappa shape index (κ1) is 30.5.